The molecule has 0 aliphatic carbocycles. The van der Waals surface area contributed by atoms with Crippen LogP contribution in [0.15, 0.2) is 48.5 Å². The molecule has 2 aromatic rings. The molecule has 0 aliphatic heterocycles. The van der Waals surface area contributed by atoms with Crippen molar-refractivity contribution in [3.8, 4) is 5.75 Å². The number of methoxy groups -OCH3 is 1. The molecule has 0 radical (unpaired) electrons. The van der Waals surface area contributed by atoms with Gasteiger partial charge in [-0.2, -0.15) is 0 Å². The van der Waals surface area contributed by atoms with E-state index in [1.807, 2.05) is 0 Å². The first-order chi connectivity index (χ1) is 13.9. The van der Waals surface area contributed by atoms with Gasteiger partial charge in [0.1, 0.15) is 12.3 Å². The summed E-state index contributed by atoms with van der Waals surface area (Å²) in [5, 5.41) is 7.43. The molecule has 0 fully saturated rings. The van der Waals surface area contributed by atoms with Gasteiger partial charge in [0.2, 0.25) is 0 Å². The Hall–Kier alpha value is -3.88. The van der Waals surface area contributed by atoms with Gasteiger partial charge in [-0.3, -0.25) is 19.2 Å². The standard InChI is InChI=1S/C20H21N3O6/c1-21-19(26)13-3-7-15(8-4-13)23-17(24)12-29-18(25)11-22-20(27)14-5-9-16(28-2)10-6-14/h3-10H,11-12H2,1-2H3,(H,21,26)(H,22,27)(H,23,24). The summed E-state index contributed by atoms with van der Waals surface area (Å²) in [6.45, 7) is -0.882. The van der Waals surface area contributed by atoms with Gasteiger partial charge in [-0.05, 0) is 48.5 Å². The molecule has 0 bridgehead atoms. The molecule has 0 aliphatic rings. The molecule has 3 amide bonds. The van der Waals surface area contributed by atoms with Gasteiger partial charge in [0.05, 0.1) is 7.11 Å². The number of amides is 3. The number of anilines is 1. The van der Waals surface area contributed by atoms with Gasteiger partial charge in [0.15, 0.2) is 6.61 Å². The van der Waals surface area contributed by atoms with Crippen LogP contribution in [0.2, 0.25) is 0 Å². The molecule has 2 aromatic carbocycles. The van der Waals surface area contributed by atoms with Crippen molar-refractivity contribution in [1.82, 2.24) is 10.6 Å². The molecule has 0 atom stereocenters. The maximum absolute atomic E-state index is 12.0. The van der Waals surface area contributed by atoms with Crippen LogP contribution in [0, 0.1) is 0 Å². The highest BCUT2D eigenvalue weighted by molar-refractivity contribution is 5.97. The summed E-state index contributed by atoms with van der Waals surface area (Å²) >= 11 is 0. The minimum atomic E-state index is -0.753. The van der Waals surface area contributed by atoms with E-state index in [2.05, 4.69) is 16.0 Å². The van der Waals surface area contributed by atoms with E-state index in [9.17, 15) is 19.2 Å². The fraction of sp³-hybridized carbons (Fsp3) is 0.200. The second-order valence-corrected chi connectivity index (χ2v) is 5.78. The van der Waals surface area contributed by atoms with Crippen molar-refractivity contribution >= 4 is 29.4 Å². The molecule has 2 rings (SSSR count). The van der Waals surface area contributed by atoms with Crippen molar-refractivity contribution in [2.45, 2.75) is 0 Å². The third-order valence-electron chi connectivity index (χ3n) is 3.77. The molecular weight excluding hydrogens is 378 g/mol. The van der Waals surface area contributed by atoms with Crippen LogP contribution in [-0.4, -0.2) is 51.0 Å². The predicted octanol–water partition coefficient (Wildman–Crippen LogP) is 0.967. The number of carbonyl (C=O) groups excluding carboxylic acids is 4. The van der Waals surface area contributed by atoms with Gasteiger partial charge in [-0.15, -0.1) is 0 Å². The third-order valence-corrected chi connectivity index (χ3v) is 3.77. The SMILES string of the molecule is CNC(=O)c1ccc(NC(=O)COC(=O)CNC(=O)c2ccc(OC)cc2)cc1. The van der Waals surface area contributed by atoms with E-state index in [1.54, 1.807) is 48.5 Å². The van der Waals surface area contributed by atoms with Crippen molar-refractivity contribution < 1.29 is 28.7 Å². The zero-order valence-corrected chi connectivity index (χ0v) is 16.0. The summed E-state index contributed by atoms with van der Waals surface area (Å²) in [5.74, 6) is -1.39. The summed E-state index contributed by atoms with van der Waals surface area (Å²) in [6.07, 6.45) is 0. The van der Waals surface area contributed by atoms with E-state index in [1.165, 1.54) is 14.2 Å². The summed E-state index contributed by atoms with van der Waals surface area (Å²) in [4.78, 5) is 47.0. The average Bonchev–Trinajstić information content (AvgIpc) is 2.76. The molecule has 0 saturated heterocycles. The number of ether oxygens (including phenoxy) is 2. The molecule has 0 aromatic heterocycles. The van der Waals surface area contributed by atoms with Crippen LogP contribution in [0.1, 0.15) is 20.7 Å². The minimum absolute atomic E-state index is 0.242. The zero-order valence-electron chi connectivity index (χ0n) is 16.0. The molecule has 152 valence electrons. The van der Waals surface area contributed by atoms with E-state index >= 15 is 0 Å². The molecule has 0 heterocycles. The van der Waals surface area contributed by atoms with Crippen molar-refractivity contribution in [3.05, 3.63) is 59.7 Å². The molecule has 0 saturated carbocycles. The van der Waals surface area contributed by atoms with Crippen LogP contribution in [0.5, 0.6) is 5.75 Å². The lowest BCUT2D eigenvalue weighted by atomic mass is 10.2. The number of esters is 1. The highest BCUT2D eigenvalue weighted by Gasteiger charge is 2.11. The Bertz CT molecular complexity index is 878. The first-order valence-electron chi connectivity index (χ1n) is 8.63. The second-order valence-electron chi connectivity index (χ2n) is 5.78. The first-order valence-corrected chi connectivity index (χ1v) is 8.63. The Balaban J connectivity index is 1.73. The first kappa shape index (κ1) is 21.4. The number of carbonyl (C=O) groups is 4. The third kappa shape index (κ3) is 6.65. The summed E-state index contributed by atoms with van der Waals surface area (Å²) in [5.41, 5.74) is 1.26. The molecule has 0 unspecified atom stereocenters. The quantitative estimate of drug-likeness (QED) is 0.569. The lowest BCUT2D eigenvalue weighted by Gasteiger charge is -2.08. The number of nitrogens with one attached hydrogen (secondary N) is 3. The normalized spacial score (nSPS) is 9.86. The topological polar surface area (TPSA) is 123 Å². The van der Waals surface area contributed by atoms with Crippen molar-refractivity contribution in [1.29, 1.82) is 0 Å². The van der Waals surface area contributed by atoms with Gasteiger partial charge in [0.25, 0.3) is 17.7 Å². The Labute approximate surface area is 167 Å². The average molecular weight is 399 g/mol. The number of hydrogen-bond donors (Lipinski definition) is 3. The smallest absolute Gasteiger partial charge is 0.325 e. The molecule has 29 heavy (non-hydrogen) atoms. The lowest BCUT2D eigenvalue weighted by Crippen LogP contribution is -2.32. The summed E-state index contributed by atoms with van der Waals surface area (Å²) in [7, 11) is 3.03. The maximum Gasteiger partial charge on any atom is 0.325 e. The van der Waals surface area contributed by atoms with Crippen LogP contribution in [0.4, 0.5) is 5.69 Å². The van der Waals surface area contributed by atoms with Crippen molar-refractivity contribution in [3.63, 3.8) is 0 Å². The number of benzene rings is 2. The molecule has 3 N–H and O–H groups in total. The van der Waals surface area contributed by atoms with Crippen LogP contribution in [0.25, 0.3) is 0 Å². The molecule has 0 spiro atoms. The fourth-order valence-corrected chi connectivity index (χ4v) is 2.24. The van der Waals surface area contributed by atoms with Crippen molar-refractivity contribution in [2.24, 2.45) is 0 Å². The summed E-state index contributed by atoms with van der Waals surface area (Å²) < 4.78 is 9.83. The summed E-state index contributed by atoms with van der Waals surface area (Å²) in [6, 6.07) is 12.6. The van der Waals surface area contributed by atoms with Gasteiger partial charge in [-0.25, -0.2) is 0 Å². The van der Waals surface area contributed by atoms with Crippen LogP contribution >= 0.6 is 0 Å². The van der Waals surface area contributed by atoms with Gasteiger partial charge >= 0.3 is 5.97 Å². The monoisotopic (exact) mass is 399 g/mol. The van der Waals surface area contributed by atoms with E-state index in [0.717, 1.165) is 0 Å². The van der Waals surface area contributed by atoms with Gasteiger partial charge < -0.3 is 25.4 Å². The van der Waals surface area contributed by atoms with Crippen LogP contribution in [-0.2, 0) is 14.3 Å². The molecule has 9 heteroatoms. The Kier molecular flexibility index (Phi) is 7.72. The van der Waals surface area contributed by atoms with Gasteiger partial charge in [-0.1, -0.05) is 0 Å². The molecular formula is C20H21N3O6. The second kappa shape index (κ2) is 10.5. The maximum atomic E-state index is 12.0. The highest BCUT2D eigenvalue weighted by Crippen LogP contribution is 2.11. The largest absolute Gasteiger partial charge is 0.497 e. The van der Waals surface area contributed by atoms with E-state index < -0.39 is 24.4 Å². The molecule has 9 nitrogen and oxygen atoms in total. The van der Waals surface area contributed by atoms with Crippen molar-refractivity contribution in [2.75, 3.05) is 32.6 Å². The predicted molar refractivity (Wildman–Crippen MR) is 105 cm³/mol. The van der Waals surface area contributed by atoms with E-state index in [0.29, 0.717) is 22.6 Å². The fourth-order valence-electron chi connectivity index (χ4n) is 2.24. The van der Waals surface area contributed by atoms with E-state index in [4.69, 9.17) is 9.47 Å². The highest BCUT2D eigenvalue weighted by atomic mass is 16.5. The Morgan fingerprint density at radius 2 is 1.45 bits per heavy atom. The van der Waals surface area contributed by atoms with Gasteiger partial charge in [0, 0.05) is 23.9 Å². The van der Waals surface area contributed by atoms with Crippen LogP contribution in [0.3, 0.4) is 0 Å². The lowest BCUT2D eigenvalue weighted by molar-refractivity contribution is -0.146. The van der Waals surface area contributed by atoms with E-state index in [-0.39, 0.29) is 12.5 Å². The zero-order chi connectivity index (χ0) is 21.2. The number of rotatable bonds is 8. The minimum Gasteiger partial charge on any atom is -0.497 e. The Morgan fingerprint density at radius 3 is 2.03 bits per heavy atom. The Morgan fingerprint density at radius 1 is 0.862 bits per heavy atom. The van der Waals surface area contributed by atoms with Crippen LogP contribution < -0.4 is 20.7 Å². The number of hydrogen-bond acceptors (Lipinski definition) is 6.